The summed E-state index contributed by atoms with van der Waals surface area (Å²) in [5.41, 5.74) is 0. The topological polar surface area (TPSA) is 116 Å². The summed E-state index contributed by atoms with van der Waals surface area (Å²) in [7, 11) is 0. The molecule has 0 aliphatic carbocycles. The molecule has 1 aliphatic rings. The second-order valence-electron chi connectivity index (χ2n) is 8.84. The van der Waals surface area contributed by atoms with Crippen LogP contribution >= 0.6 is 0 Å². The fraction of sp³-hybridized carbons (Fsp3) is 0.958. The van der Waals surface area contributed by atoms with Crippen LogP contribution in [0.5, 0.6) is 0 Å². The molecule has 0 saturated carbocycles. The monoisotopic (exact) mass is 446 g/mol. The van der Waals surface area contributed by atoms with Gasteiger partial charge in [-0.3, -0.25) is 4.79 Å². The van der Waals surface area contributed by atoms with Crippen LogP contribution in [0.1, 0.15) is 103 Å². The van der Waals surface area contributed by atoms with Gasteiger partial charge in [-0.2, -0.15) is 0 Å². The SMILES string of the molecule is O=C(CCCCCCCCCCCCCCCCCO)O[C@H](CO)[C@H]1OC[C@H](O)[C@H]1O. The zero-order valence-corrected chi connectivity index (χ0v) is 19.3. The van der Waals surface area contributed by atoms with Crippen molar-refractivity contribution in [3.63, 3.8) is 0 Å². The zero-order valence-electron chi connectivity index (χ0n) is 19.3. The quantitative estimate of drug-likeness (QED) is 0.168. The first-order valence-electron chi connectivity index (χ1n) is 12.5. The minimum Gasteiger partial charge on any atom is -0.457 e. The van der Waals surface area contributed by atoms with Gasteiger partial charge in [-0.15, -0.1) is 0 Å². The third kappa shape index (κ3) is 13.4. The van der Waals surface area contributed by atoms with Crippen molar-refractivity contribution < 1.29 is 34.7 Å². The van der Waals surface area contributed by atoms with Gasteiger partial charge in [0.05, 0.1) is 13.2 Å². The normalized spacial score (nSPS) is 22.0. The van der Waals surface area contributed by atoms with Crippen molar-refractivity contribution in [2.24, 2.45) is 0 Å². The fourth-order valence-electron chi connectivity index (χ4n) is 4.07. The standard InChI is InChI=1S/C24H46O7/c25-17-15-13-11-9-7-5-3-1-2-4-6-8-10-12-14-16-22(28)31-21(18-26)24-23(29)20(27)19-30-24/h20-21,23-27,29H,1-19H2/t20-,21+,23+,24+/m0/s1. The molecule has 1 heterocycles. The average Bonchev–Trinajstić information content (AvgIpc) is 3.10. The number of hydrogen-bond donors (Lipinski definition) is 4. The smallest absolute Gasteiger partial charge is 0.306 e. The number of aliphatic hydroxyl groups excluding tert-OH is 4. The number of carbonyl (C=O) groups is 1. The van der Waals surface area contributed by atoms with Crippen LogP contribution in [0.25, 0.3) is 0 Å². The van der Waals surface area contributed by atoms with E-state index in [0.29, 0.717) is 13.0 Å². The van der Waals surface area contributed by atoms with Crippen LogP contribution in [0.2, 0.25) is 0 Å². The molecule has 1 fully saturated rings. The molecule has 4 atom stereocenters. The van der Waals surface area contributed by atoms with E-state index in [1.807, 2.05) is 0 Å². The minimum absolute atomic E-state index is 0.0218. The number of hydrogen-bond acceptors (Lipinski definition) is 7. The Labute approximate surface area is 188 Å². The Hall–Kier alpha value is -0.730. The summed E-state index contributed by atoms with van der Waals surface area (Å²) in [5, 5.41) is 37.4. The maximum absolute atomic E-state index is 12.0. The molecule has 1 rings (SSSR count). The minimum atomic E-state index is -1.15. The lowest BCUT2D eigenvalue weighted by atomic mass is 10.0. The van der Waals surface area contributed by atoms with E-state index in [0.717, 1.165) is 32.1 Å². The predicted molar refractivity (Wildman–Crippen MR) is 120 cm³/mol. The van der Waals surface area contributed by atoms with E-state index in [2.05, 4.69) is 0 Å². The number of esters is 1. The van der Waals surface area contributed by atoms with Gasteiger partial charge in [0.25, 0.3) is 0 Å². The first kappa shape index (κ1) is 28.3. The highest BCUT2D eigenvalue weighted by Gasteiger charge is 2.41. The second-order valence-corrected chi connectivity index (χ2v) is 8.84. The van der Waals surface area contributed by atoms with Crippen LogP contribution in [-0.2, 0) is 14.3 Å². The van der Waals surface area contributed by atoms with Gasteiger partial charge < -0.3 is 29.9 Å². The first-order chi connectivity index (χ1) is 15.1. The van der Waals surface area contributed by atoms with Crippen LogP contribution in [0.15, 0.2) is 0 Å². The van der Waals surface area contributed by atoms with Crippen molar-refractivity contribution in [1.82, 2.24) is 0 Å². The van der Waals surface area contributed by atoms with Gasteiger partial charge in [-0.05, 0) is 12.8 Å². The van der Waals surface area contributed by atoms with Gasteiger partial charge in [0, 0.05) is 13.0 Å². The second kappa shape index (κ2) is 18.8. The molecule has 1 aliphatic heterocycles. The van der Waals surface area contributed by atoms with Crippen LogP contribution in [-0.4, -0.2) is 70.6 Å². The van der Waals surface area contributed by atoms with Gasteiger partial charge in [-0.1, -0.05) is 83.5 Å². The summed E-state index contributed by atoms with van der Waals surface area (Å²) in [5.74, 6) is -0.398. The molecule has 184 valence electrons. The third-order valence-corrected chi connectivity index (χ3v) is 6.06. The molecule has 4 N–H and O–H groups in total. The Kier molecular flexibility index (Phi) is 17.2. The summed E-state index contributed by atoms with van der Waals surface area (Å²) in [4.78, 5) is 12.0. The number of unbranched alkanes of at least 4 members (excludes halogenated alkanes) is 14. The van der Waals surface area contributed by atoms with Crippen LogP contribution in [0.4, 0.5) is 0 Å². The molecule has 0 amide bonds. The van der Waals surface area contributed by atoms with E-state index in [9.17, 15) is 20.1 Å². The number of carbonyl (C=O) groups excluding carboxylic acids is 1. The van der Waals surface area contributed by atoms with Gasteiger partial charge in [0.2, 0.25) is 0 Å². The van der Waals surface area contributed by atoms with Crippen molar-refractivity contribution >= 4 is 5.97 Å². The van der Waals surface area contributed by atoms with Gasteiger partial charge in [0.15, 0.2) is 6.10 Å². The zero-order chi connectivity index (χ0) is 22.7. The van der Waals surface area contributed by atoms with Crippen LogP contribution in [0.3, 0.4) is 0 Å². The van der Waals surface area contributed by atoms with Crippen molar-refractivity contribution in [3.8, 4) is 0 Å². The number of ether oxygens (including phenoxy) is 2. The van der Waals surface area contributed by atoms with E-state index in [4.69, 9.17) is 14.6 Å². The Bertz CT molecular complexity index is 432. The molecule has 0 unspecified atom stereocenters. The Balaban J connectivity index is 1.88. The van der Waals surface area contributed by atoms with E-state index < -0.39 is 37.0 Å². The highest BCUT2D eigenvalue weighted by Crippen LogP contribution is 2.20. The van der Waals surface area contributed by atoms with Crippen LogP contribution in [0, 0.1) is 0 Å². The third-order valence-electron chi connectivity index (χ3n) is 6.06. The maximum atomic E-state index is 12.0. The summed E-state index contributed by atoms with van der Waals surface area (Å²) in [6.07, 6.45) is 14.2. The van der Waals surface area contributed by atoms with Gasteiger partial charge in [-0.25, -0.2) is 0 Å². The first-order valence-corrected chi connectivity index (χ1v) is 12.5. The van der Waals surface area contributed by atoms with Crippen LogP contribution < -0.4 is 0 Å². The highest BCUT2D eigenvalue weighted by atomic mass is 16.6. The van der Waals surface area contributed by atoms with E-state index in [1.54, 1.807) is 0 Å². The molecule has 0 aromatic heterocycles. The molecule has 31 heavy (non-hydrogen) atoms. The fourth-order valence-corrected chi connectivity index (χ4v) is 4.07. The van der Waals surface area contributed by atoms with Crippen molar-refractivity contribution in [2.45, 2.75) is 127 Å². The summed E-state index contributed by atoms with van der Waals surface area (Å²) in [6, 6.07) is 0. The van der Waals surface area contributed by atoms with Crippen molar-refractivity contribution in [3.05, 3.63) is 0 Å². The highest BCUT2D eigenvalue weighted by molar-refractivity contribution is 5.69. The molecule has 7 heteroatoms. The average molecular weight is 447 g/mol. The molecule has 0 radical (unpaired) electrons. The van der Waals surface area contributed by atoms with Gasteiger partial charge >= 0.3 is 5.97 Å². The lowest BCUT2D eigenvalue weighted by Crippen LogP contribution is -2.43. The van der Waals surface area contributed by atoms with E-state index in [1.165, 1.54) is 64.2 Å². The maximum Gasteiger partial charge on any atom is 0.306 e. The molecule has 1 saturated heterocycles. The van der Waals surface area contributed by atoms with Crippen molar-refractivity contribution in [2.75, 3.05) is 19.8 Å². The largest absolute Gasteiger partial charge is 0.457 e. The van der Waals surface area contributed by atoms with E-state index in [-0.39, 0.29) is 6.61 Å². The Morgan fingerprint density at radius 1 is 0.774 bits per heavy atom. The molecule has 0 bridgehead atoms. The summed E-state index contributed by atoms with van der Waals surface area (Å²) in [6.45, 7) is -0.136. The lowest BCUT2D eigenvalue weighted by molar-refractivity contribution is -0.162. The van der Waals surface area contributed by atoms with Crippen molar-refractivity contribution in [1.29, 1.82) is 0 Å². The molecule has 0 aromatic rings. The molecular weight excluding hydrogens is 400 g/mol. The summed E-state index contributed by atoms with van der Waals surface area (Å²) >= 11 is 0. The molecule has 0 spiro atoms. The molecule has 7 nitrogen and oxygen atoms in total. The molecule has 0 aromatic carbocycles. The lowest BCUT2D eigenvalue weighted by Gasteiger charge is -2.24. The molecular formula is C24H46O7. The Morgan fingerprint density at radius 3 is 1.61 bits per heavy atom. The number of aliphatic hydroxyl groups is 4. The van der Waals surface area contributed by atoms with E-state index >= 15 is 0 Å². The Morgan fingerprint density at radius 2 is 1.23 bits per heavy atom. The number of rotatable bonds is 20. The summed E-state index contributed by atoms with van der Waals surface area (Å²) < 4.78 is 10.5. The predicted octanol–water partition coefficient (Wildman–Crippen LogP) is 3.25. The van der Waals surface area contributed by atoms with Gasteiger partial charge in [0.1, 0.15) is 18.3 Å².